The molecule has 4 heterocycles. The van der Waals surface area contributed by atoms with Gasteiger partial charge in [-0.3, -0.25) is 24.6 Å². The Hall–Kier alpha value is -2.45. The minimum Gasteiger partial charge on any atom is -0.369 e. The van der Waals surface area contributed by atoms with Crippen LogP contribution in [0.5, 0.6) is 0 Å². The molecule has 31 heavy (non-hydrogen) atoms. The van der Waals surface area contributed by atoms with E-state index in [1.54, 1.807) is 4.90 Å². The normalized spacial score (nSPS) is 25.7. The molecular formula is C23H31N5O3. The molecule has 1 aromatic rings. The number of fused-ring (bicyclic) bond motifs is 1. The van der Waals surface area contributed by atoms with E-state index in [4.69, 9.17) is 0 Å². The first-order valence-corrected chi connectivity index (χ1v) is 11.5. The second kappa shape index (κ2) is 8.59. The molecule has 1 atom stereocenters. The van der Waals surface area contributed by atoms with Crippen molar-refractivity contribution in [3.8, 4) is 0 Å². The van der Waals surface area contributed by atoms with Crippen LogP contribution >= 0.6 is 0 Å². The fourth-order valence-electron chi connectivity index (χ4n) is 5.47. The standard InChI is InChI=1S/C23H31N5O3/c29-21-5-4-20(22(30)25-21)28-15-18-17(23(28)31)2-1-3-19(18)27-12-10-26(11-13-27)14-16-6-8-24-9-7-16/h1-3,16,20,24H,4-15H2,(H,25,29,30). The van der Waals surface area contributed by atoms with Crippen LogP contribution in [-0.2, 0) is 16.1 Å². The maximum absolute atomic E-state index is 13.1. The van der Waals surface area contributed by atoms with Crippen molar-refractivity contribution in [3.63, 3.8) is 0 Å². The third-order valence-corrected chi connectivity index (χ3v) is 7.25. The van der Waals surface area contributed by atoms with Gasteiger partial charge in [0.15, 0.2) is 0 Å². The van der Waals surface area contributed by atoms with Gasteiger partial charge in [-0.05, 0) is 50.4 Å². The monoisotopic (exact) mass is 425 g/mol. The number of rotatable bonds is 4. The molecule has 3 amide bonds. The molecule has 8 heteroatoms. The van der Waals surface area contributed by atoms with Gasteiger partial charge >= 0.3 is 0 Å². The lowest BCUT2D eigenvalue weighted by Gasteiger charge is -2.39. The Balaban J connectivity index is 1.26. The molecule has 3 saturated heterocycles. The summed E-state index contributed by atoms with van der Waals surface area (Å²) in [6.45, 7) is 7.88. The van der Waals surface area contributed by atoms with Crippen molar-refractivity contribution in [3.05, 3.63) is 29.3 Å². The molecule has 2 N–H and O–H groups in total. The molecule has 4 aliphatic heterocycles. The van der Waals surface area contributed by atoms with Gasteiger partial charge in [-0.25, -0.2) is 0 Å². The van der Waals surface area contributed by atoms with Crippen molar-refractivity contribution in [2.75, 3.05) is 50.7 Å². The maximum Gasteiger partial charge on any atom is 0.255 e. The summed E-state index contributed by atoms with van der Waals surface area (Å²) in [5, 5.41) is 5.82. The highest BCUT2D eigenvalue weighted by Crippen LogP contribution is 2.34. The van der Waals surface area contributed by atoms with Crippen LogP contribution < -0.4 is 15.5 Å². The van der Waals surface area contributed by atoms with Gasteiger partial charge in [0.05, 0.1) is 0 Å². The lowest BCUT2D eigenvalue weighted by molar-refractivity contribution is -0.136. The van der Waals surface area contributed by atoms with Crippen molar-refractivity contribution in [1.82, 2.24) is 20.4 Å². The van der Waals surface area contributed by atoms with Crippen molar-refractivity contribution in [2.45, 2.75) is 38.3 Å². The zero-order valence-electron chi connectivity index (χ0n) is 17.9. The minimum atomic E-state index is -0.563. The van der Waals surface area contributed by atoms with Crippen LogP contribution in [0.4, 0.5) is 5.69 Å². The number of carbonyl (C=O) groups excluding carboxylic acids is 3. The van der Waals surface area contributed by atoms with E-state index in [0.29, 0.717) is 18.5 Å². The Kier molecular flexibility index (Phi) is 5.67. The molecule has 166 valence electrons. The van der Waals surface area contributed by atoms with Crippen LogP contribution in [0.25, 0.3) is 0 Å². The van der Waals surface area contributed by atoms with Gasteiger partial charge in [0, 0.05) is 62.5 Å². The predicted octanol–water partition coefficient (Wildman–Crippen LogP) is 0.569. The molecule has 5 rings (SSSR count). The van der Waals surface area contributed by atoms with Crippen LogP contribution in [0.3, 0.4) is 0 Å². The van der Waals surface area contributed by atoms with E-state index in [9.17, 15) is 14.4 Å². The van der Waals surface area contributed by atoms with E-state index in [1.807, 2.05) is 12.1 Å². The van der Waals surface area contributed by atoms with Crippen LogP contribution in [0, 0.1) is 5.92 Å². The fourth-order valence-corrected chi connectivity index (χ4v) is 5.47. The van der Waals surface area contributed by atoms with Crippen molar-refractivity contribution in [2.24, 2.45) is 5.92 Å². The van der Waals surface area contributed by atoms with Gasteiger partial charge in [-0.15, -0.1) is 0 Å². The Morgan fingerprint density at radius 2 is 1.74 bits per heavy atom. The summed E-state index contributed by atoms with van der Waals surface area (Å²) >= 11 is 0. The second-order valence-electron chi connectivity index (χ2n) is 9.18. The van der Waals surface area contributed by atoms with Gasteiger partial charge in [0.2, 0.25) is 11.8 Å². The number of piperazine rings is 1. The van der Waals surface area contributed by atoms with E-state index in [0.717, 1.165) is 56.4 Å². The maximum atomic E-state index is 13.1. The number of benzene rings is 1. The van der Waals surface area contributed by atoms with Gasteiger partial charge in [0.1, 0.15) is 6.04 Å². The van der Waals surface area contributed by atoms with E-state index in [2.05, 4.69) is 26.5 Å². The molecular weight excluding hydrogens is 394 g/mol. The SMILES string of the molecule is O=C1CCC(N2Cc3c(cccc3N3CCN(CC4CCNCC4)CC3)C2=O)C(=O)N1. The van der Waals surface area contributed by atoms with E-state index >= 15 is 0 Å². The molecule has 0 spiro atoms. The summed E-state index contributed by atoms with van der Waals surface area (Å²) in [6.07, 6.45) is 3.22. The molecule has 8 nitrogen and oxygen atoms in total. The highest BCUT2D eigenvalue weighted by Gasteiger charge is 2.40. The van der Waals surface area contributed by atoms with E-state index < -0.39 is 6.04 Å². The van der Waals surface area contributed by atoms with Gasteiger partial charge in [-0.2, -0.15) is 0 Å². The van der Waals surface area contributed by atoms with Crippen LogP contribution in [0.2, 0.25) is 0 Å². The third-order valence-electron chi connectivity index (χ3n) is 7.25. The van der Waals surface area contributed by atoms with Crippen molar-refractivity contribution < 1.29 is 14.4 Å². The van der Waals surface area contributed by atoms with Crippen molar-refractivity contribution in [1.29, 1.82) is 0 Å². The summed E-state index contributed by atoms with van der Waals surface area (Å²) in [7, 11) is 0. The Labute approximate surface area is 182 Å². The minimum absolute atomic E-state index is 0.101. The summed E-state index contributed by atoms with van der Waals surface area (Å²) in [6, 6.07) is 5.34. The Morgan fingerprint density at radius 3 is 2.48 bits per heavy atom. The molecule has 0 aliphatic carbocycles. The number of imide groups is 1. The molecule has 3 fully saturated rings. The third kappa shape index (κ3) is 4.06. The smallest absolute Gasteiger partial charge is 0.255 e. The molecule has 1 aromatic carbocycles. The molecule has 1 unspecified atom stereocenters. The Bertz CT molecular complexity index is 874. The van der Waals surface area contributed by atoms with Crippen molar-refractivity contribution >= 4 is 23.4 Å². The van der Waals surface area contributed by atoms with Crippen LogP contribution in [-0.4, -0.2) is 79.4 Å². The number of nitrogens with zero attached hydrogens (tertiary/aromatic N) is 3. The Morgan fingerprint density at radius 1 is 0.968 bits per heavy atom. The zero-order chi connectivity index (χ0) is 21.4. The average Bonchev–Trinajstić information content (AvgIpc) is 3.12. The molecule has 0 bridgehead atoms. The van der Waals surface area contributed by atoms with E-state index in [-0.39, 0.29) is 24.1 Å². The largest absolute Gasteiger partial charge is 0.369 e. The van der Waals surface area contributed by atoms with Crippen LogP contribution in [0.1, 0.15) is 41.6 Å². The van der Waals surface area contributed by atoms with Gasteiger partial charge in [0.25, 0.3) is 5.91 Å². The summed E-state index contributed by atoms with van der Waals surface area (Å²) in [5.41, 5.74) is 2.82. The van der Waals surface area contributed by atoms with Gasteiger partial charge in [-0.1, -0.05) is 6.07 Å². The number of hydrogen-bond donors (Lipinski definition) is 2. The number of hydrogen-bond acceptors (Lipinski definition) is 6. The molecule has 4 aliphatic rings. The zero-order valence-corrected chi connectivity index (χ0v) is 17.9. The summed E-state index contributed by atoms with van der Waals surface area (Å²) < 4.78 is 0. The lowest BCUT2D eigenvalue weighted by atomic mass is 9.97. The first-order valence-electron chi connectivity index (χ1n) is 11.5. The highest BCUT2D eigenvalue weighted by molar-refractivity contribution is 6.06. The fraction of sp³-hybridized carbons (Fsp3) is 0.609. The van der Waals surface area contributed by atoms with E-state index in [1.165, 1.54) is 19.4 Å². The quantitative estimate of drug-likeness (QED) is 0.686. The number of anilines is 1. The highest BCUT2D eigenvalue weighted by atomic mass is 16.2. The number of nitrogens with one attached hydrogen (secondary N) is 2. The first-order chi connectivity index (χ1) is 15.1. The lowest BCUT2D eigenvalue weighted by Crippen LogP contribution is -2.52. The summed E-state index contributed by atoms with van der Waals surface area (Å²) in [4.78, 5) is 43.5. The molecule has 0 aromatic heterocycles. The molecule has 0 radical (unpaired) electrons. The second-order valence-corrected chi connectivity index (χ2v) is 9.18. The topological polar surface area (TPSA) is 85.0 Å². The predicted molar refractivity (Wildman–Crippen MR) is 117 cm³/mol. The van der Waals surface area contributed by atoms with Crippen LogP contribution in [0.15, 0.2) is 18.2 Å². The molecule has 0 saturated carbocycles. The summed E-state index contributed by atoms with van der Waals surface area (Å²) in [5.74, 6) is 0.0864. The number of piperidine rings is 2. The average molecular weight is 426 g/mol. The number of carbonyl (C=O) groups is 3. The van der Waals surface area contributed by atoms with Gasteiger partial charge < -0.3 is 15.1 Å². The first kappa shape index (κ1) is 20.5. The number of amides is 3.